The largest absolute Gasteiger partial charge is 0.309 e. The first-order chi connectivity index (χ1) is 61.5. The van der Waals surface area contributed by atoms with Crippen molar-refractivity contribution < 1.29 is 0 Å². The summed E-state index contributed by atoms with van der Waals surface area (Å²) < 4.78 is 9.74. The highest BCUT2D eigenvalue weighted by atomic mass is 15.0. The van der Waals surface area contributed by atoms with Crippen molar-refractivity contribution in [2.75, 3.05) is 0 Å². The van der Waals surface area contributed by atoms with Crippen molar-refractivity contribution in [2.45, 2.75) is 0 Å². The SMILES string of the molecule is c1cc(-c2cc3ccc4ccccc4c3c3ccccc23)cc(-n2c3ccccc3c3cc(-c4ccc5c(c4)c4ccccc4n5-c4cccc5ccccc45)ccc32)c1.c1ccc2c(-n3c4ccccc4c4cc(-c5ccc6c(c5)c5ccccc5n6-c5ccc(-c6cc7c8ccccc8c8ccccc8c7c7ccccc67)cc5)ccc43)cccc2c1. The molecule has 0 aliphatic heterocycles. The van der Waals surface area contributed by atoms with E-state index in [0.29, 0.717) is 0 Å². The van der Waals surface area contributed by atoms with Gasteiger partial charge in [-0.05, 0) is 252 Å². The minimum absolute atomic E-state index is 1.15. The van der Waals surface area contributed by atoms with Gasteiger partial charge in [-0.25, -0.2) is 0 Å². The Morgan fingerprint density at radius 2 is 0.427 bits per heavy atom. The minimum atomic E-state index is 1.15. The number of fused-ring (bicyclic) bond motifs is 27. The number of benzene rings is 23. The van der Waals surface area contributed by atoms with E-state index in [1.54, 1.807) is 0 Å². The highest BCUT2D eigenvalue weighted by Gasteiger charge is 2.24. The summed E-state index contributed by atoms with van der Waals surface area (Å²) >= 11 is 0. The Morgan fingerprint density at radius 1 is 0.121 bits per heavy atom. The van der Waals surface area contributed by atoms with Crippen LogP contribution in [0.15, 0.2) is 449 Å². The maximum atomic E-state index is 2.44. The molecule has 0 N–H and O–H groups in total. The van der Waals surface area contributed by atoms with E-state index < -0.39 is 0 Å². The van der Waals surface area contributed by atoms with Gasteiger partial charge in [-0.2, -0.15) is 0 Å². The van der Waals surface area contributed by atoms with Crippen LogP contribution in [-0.2, 0) is 0 Å². The standard InChI is InChI=1S/C62H38N2.C58H36N2/c1-2-16-44-39(14-1)15-13-27-57(44)64-59-26-12-10-22-50(59)55-37-42(31-35-61(55)64)41-30-34-60-54(36-41)49-21-9-11-25-58(49)63(60)43-32-28-40(29-33-43)53-38-56-47-19-4-3-17-45(47)46-18-5-7-23-51(46)62(56)52-24-8-6-20-48(52)53;1-3-18-44-37(13-1)15-12-26-53(44)60-55-25-10-8-22-48(55)52-35-40(30-32-57(52)60)39-29-31-56-51(34-39)47-21-7-9-24-54(47)59(56)43-17-11-16-41(33-43)50-36-42-28-27-38-14-2-4-19-45(38)58(42)49-23-6-5-20-46(49)50/h1-38H;1-36H. The van der Waals surface area contributed by atoms with Crippen LogP contribution in [0.1, 0.15) is 0 Å². The second kappa shape index (κ2) is 27.6. The Labute approximate surface area is 713 Å². The lowest BCUT2D eigenvalue weighted by molar-refractivity contribution is 1.18. The molecule has 4 aromatic heterocycles. The number of hydrogen-bond donors (Lipinski definition) is 0. The van der Waals surface area contributed by atoms with Crippen molar-refractivity contribution in [3.05, 3.63) is 449 Å². The van der Waals surface area contributed by atoms with Gasteiger partial charge in [0.2, 0.25) is 0 Å². The highest BCUT2D eigenvalue weighted by molar-refractivity contribution is 6.33. The van der Waals surface area contributed by atoms with Crippen LogP contribution >= 0.6 is 0 Å². The van der Waals surface area contributed by atoms with Gasteiger partial charge in [0.1, 0.15) is 0 Å². The summed E-state index contributed by atoms with van der Waals surface area (Å²) in [6, 6.07) is 166. The van der Waals surface area contributed by atoms with Crippen molar-refractivity contribution in [1.82, 2.24) is 18.3 Å². The summed E-state index contributed by atoms with van der Waals surface area (Å²) in [5.41, 5.74) is 24.1. The van der Waals surface area contributed by atoms with Crippen molar-refractivity contribution >= 4 is 184 Å². The van der Waals surface area contributed by atoms with E-state index in [-0.39, 0.29) is 0 Å². The van der Waals surface area contributed by atoms with Gasteiger partial charge in [0.05, 0.1) is 55.5 Å². The summed E-state index contributed by atoms with van der Waals surface area (Å²) in [4.78, 5) is 0. The lowest BCUT2D eigenvalue weighted by atomic mass is 9.87. The predicted octanol–water partition coefficient (Wildman–Crippen LogP) is 32.8. The maximum absolute atomic E-state index is 2.44. The topological polar surface area (TPSA) is 19.7 Å². The van der Waals surface area contributed by atoms with Crippen molar-refractivity contribution in [3.63, 3.8) is 0 Å². The molecular formula is C120H74N4. The Morgan fingerprint density at radius 3 is 0.903 bits per heavy atom. The second-order valence-corrected chi connectivity index (χ2v) is 33.3. The molecule has 0 amide bonds. The third-order valence-corrected chi connectivity index (χ3v) is 26.7. The first-order valence-electron chi connectivity index (χ1n) is 42.9. The molecule has 27 rings (SSSR count). The molecule has 0 saturated heterocycles. The first-order valence-corrected chi connectivity index (χ1v) is 42.9. The summed E-state index contributed by atoms with van der Waals surface area (Å²) in [7, 11) is 0. The van der Waals surface area contributed by atoms with E-state index in [1.165, 1.54) is 240 Å². The number of hydrogen-bond acceptors (Lipinski definition) is 0. The van der Waals surface area contributed by atoms with Gasteiger partial charge in [0.25, 0.3) is 0 Å². The van der Waals surface area contributed by atoms with Crippen molar-refractivity contribution in [1.29, 1.82) is 0 Å². The zero-order chi connectivity index (χ0) is 81.2. The van der Waals surface area contributed by atoms with Crippen LogP contribution in [-0.4, -0.2) is 18.3 Å². The fourth-order valence-electron chi connectivity index (χ4n) is 21.2. The van der Waals surface area contributed by atoms with Gasteiger partial charge >= 0.3 is 0 Å². The third-order valence-electron chi connectivity index (χ3n) is 26.7. The lowest BCUT2D eigenvalue weighted by Crippen LogP contribution is -1.95. The molecule has 4 heterocycles. The number of rotatable bonds is 8. The average molecular weight is 1570 g/mol. The zero-order valence-corrected chi connectivity index (χ0v) is 67.5. The Hall–Kier alpha value is -16.4. The van der Waals surface area contributed by atoms with Gasteiger partial charge in [-0.15, -0.1) is 0 Å². The third kappa shape index (κ3) is 10.6. The molecule has 23 aromatic carbocycles. The van der Waals surface area contributed by atoms with Gasteiger partial charge in [0.15, 0.2) is 0 Å². The quantitative estimate of drug-likeness (QED) is 0.135. The van der Waals surface area contributed by atoms with Crippen molar-refractivity contribution in [3.8, 4) is 67.3 Å². The van der Waals surface area contributed by atoms with Crippen LogP contribution in [0.2, 0.25) is 0 Å². The van der Waals surface area contributed by atoms with Gasteiger partial charge in [-0.1, -0.05) is 328 Å². The molecular weight excluding hydrogens is 1500 g/mol. The summed E-state index contributed by atoms with van der Waals surface area (Å²) in [5, 5.41) is 33.0. The van der Waals surface area contributed by atoms with Gasteiger partial charge in [0, 0.05) is 65.2 Å². The summed E-state index contributed by atoms with van der Waals surface area (Å²) in [6.07, 6.45) is 0. The summed E-state index contributed by atoms with van der Waals surface area (Å²) in [6.45, 7) is 0. The van der Waals surface area contributed by atoms with E-state index in [4.69, 9.17) is 0 Å². The average Bonchev–Trinajstić information content (AvgIpc) is 1.06. The van der Waals surface area contributed by atoms with E-state index >= 15 is 0 Å². The highest BCUT2D eigenvalue weighted by Crippen LogP contribution is 2.48. The normalized spacial score (nSPS) is 12.0. The van der Waals surface area contributed by atoms with Gasteiger partial charge in [-0.3, -0.25) is 0 Å². The Bertz CT molecular complexity index is 9190. The Balaban J connectivity index is 0.000000133. The molecule has 0 aliphatic carbocycles. The maximum Gasteiger partial charge on any atom is 0.0541 e. The van der Waals surface area contributed by atoms with Crippen LogP contribution in [0, 0.1) is 0 Å². The lowest BCUT2D eigenvalue weighted by Gasteiger charge is -2.16. The number of aromatic nitrogens is 4. The molecule has 0 aliphatic rings. The Kier molecular flexibility index (Phi) is 15.5. The monoisotopic (exact) mass is 1570 g/mol. The van der Waals surface area contributed by atoms with Crippen LogP contribution in [0.25, 0.3) is 251 Å². The fourth-order valence-corrected chi connectivity index (χ4v) is 21.2. The number of para-hydroxylation sites is 4. The smallest absolute Gasteiger partial charge is 0.0541 e. The molecule has 0 atom stereocenters. The molecule has 0 spiro atoms. The van der Waals surface area contributed by atoms with Crippen LogP contribution in [0.3, 0.4) is 0 Å². The first kappa shape index (κ1) is 69.5. The molecule has 0 bridgehead atoms. The van der Waals surface area contributed by atoms with E-state index in [1.807, 2.05) is 0 Å². The second-order valence-electron chi connectivity index (χ2n) is 33.3. The van der Waals surface area contributed by atoms with E-state index in [0.717, 1.165) is 11.4 Å². The van der Waals surface area contributed by atoms with E-state index in [2.05, 4.69) is 467 Å². The van der Waals surface area contributed by atoms with Gasteiger partial charge < -0.3 is 18.3 Å². The molecule has 124 heavy (non-hydrogen) atoms. The number of nitrogens with zero attached hydrogens (tertiary/aromatic N) is 4. The molecule has 4 heteroatoms. The molecule has 0 fully saturated rings. The molecule has 0 saturated carbocycles. The molecule has 0 unspecified atom stereocenters. The fraction of sp³-hybridized carbons (Fsp3) is 0. The van der Waals surface area contributed by atoms with Crippen molar-refractivity contribution in [2.24, 2.45) is 0 Å². The molecule has 574 valence electrons. The van der Waals surface area contributed by atoms with Crippen LogP contribution in [0.5, 0.6) is 0 Å². The molecule has 0 radical (unpaired) electrons. The van der Waals surface area contributed by atoms with E-state index in [9.17, 15) is 0 Å². The molecule has 27 aromatic rings. The van der Waals surface area contributed by atoms with Crippen LogP contribution < -0.4 is 0 Å². The zero-order valence-electron chi connectivity index (χ0n) is 67.5. The predicted molar refractivity (Wildman–Crippen MR) is 530 cm³/mol. The minimum Gasteiger partial charge on any atom is -0.309 e. The molecule has 4 nitrogen and oxygen atoms in total. The summed E-state index contributed by atoms with van der Waals surface area (Å²) in [5.74, 6) is 0. The van der Waals surface area contributed by atoms with Crippen LogP contribution in [0.4, 0.5) is 0 Å².